The van der Waals surface area contributed by atoms with Crippen molar-refractivity contribution in [2.24, 2.45) is 0 Å². The first-order valence-corrected chi connectivity index (χ1v) is 4.97. The molecule has 0 unspecified atom stereocenters. The van der Waals surface area contributed by atoms with Crippen molar-refractivity contribution in [3.63, 3.8) is 0 Å². The van der Waals surface area contributed by atoms with Crippen LogP contribution in [-0.4, -0.2) is 47.3 Å². The van der Waals surface area contributed by atoms with Gasteiger partial charge in [0, 0.05) is 18.6 Å². The highest BCUT2D eigenvalue weighted by Gasteiger charge is 2.32. The molecule has 1 heterocycles. The molecule has 1 aliphatic rings. The van der Waals surface area contributed by atoms with Gasteiger partial charge in [0.1, 0.15) is 6.29 Å². The fourth-order valence-corrected chi connectivity index (χ4v) is 1.66. The molecule has 0 atom stereocenters. The van der Waals surface area contributed by atoms with Crippen LogP contribution in [0.25, 0.3) is 0 Å². The smallest absolute Gasteiger partial charge is 0.320 e. The van der Waals surface area contributed by atoms with E-state index in [1.807, 2.05) is 25.7 Å². The molecule has 4 heteroatoms. The second-order valence-corrected chi connectivity index (χ2v) is 4.57. The van der Waals surface area contributed by atoms with Crippen LogP contribution in [0.4, 0.5) is 4.79 Å². The summed E-state index contributed by atoms with van der Waals surface area (Å²) in [6, 6.07) is -0.0177. The van der Waals surface area contributed by atoms with Crippen molar-refractivity contribution in [3.05, 3.63) is 0 Å². The third-order valence-corrected chi connectivity index (χ3v) is 2.42. The zero-order valence-corrected chi connectivity index (χ0v) is 9.12. The van der Waals surface area contributed by atoms with Crippen LogP contribution in [0.15, 0.2) is 0 Å². The number of carbonyl (C=O) groups excluding carboxylic acids is 2. The molecule has 14 heavy (non-hydrogen) atoms. The summed E-state index contributed by atoms with van der Waals surface area (Å²) in [5.41, 5.74) is -0.154. The molecule has 0 aromatic carbocycles. The topological polar surface area (TPSA) is 40.6 Å². The summed E-state index contributed by atoms with van der Waals surface area (Å²) in [6.45, 7) is 7.73. The number of aldehydes is 1. The minimum absolute atomic E-state index is 0.0177. The lowest BCUT2D eigenvalue weighted by atomic mass is 10.0. The van der Waals surface area contributed by atoms with Gasteiger partial charge in [0.25, 0.3) is 0 Å². The average Bonchev–Trinajstić information content (AvgIpc) is 2.07. The first kappa shape index (κ1) is 11.0. The number of rotatable bonds is 2. The summed E-state index contributed by atoms with van der Waals surface area (Å²) in [7, 11) is 0. The van der Waals surface area contributed by atoms with Crippen molar-refractivity contribution in [1.82, 2.24) is 9.80 Å². The van der Waals surface area contributed by atoms with Crippen molar-refractivity contribution in [3.8, 4) is 0 Å². The largest absolute Gasteiger partial charge is 0.320 e. The Bertz CT molecular complexity index is 233. The van der Waals surface area contributed by atoms with Crippen LogP contribution in [0, 0.1) is 0 Å². The van der Waals surface area contributed by atoms with Gasteiger partial charge in [0.05, 0.1) is 6.54 Å². The highest BCUT2D eigenvalue weighted by molar-refractivity contribution is 5.78. The predicted octanol–water partition coefficient (Wildman–Crippen LogP) is 1.11. The molecule has 0 radical (unpaired) electrons. The van der Waals surface area contributed by atoms with E-state index in [1.165, 1.54) is 0 Å². The normalized spacial score (nSPS) is 18.6. The fourth-order valence-electron chi connectivity index (χ4n) is 1.66. The van der Waals surface area contributed by atoms with Crippen molar-refractivity contribution in [2.75, 3.05) is 19.6 Å². The Kier molecular flexibility index (Phi) is 3.13. The Morgan fingerprint density at radius 3 is 2.50 bits per heavy atom. The minimum Gasteiger partial charge on any atom is -0.320 e. The molecule has 0 aliphatic carbocycles. The minimum atomic E-state index is -0.154. The van der Waals surface area contributed by atoms with Gasteiger partial charge >= 0.3 is 6.03 Å². The maximum Gasteiger partial charge on any atom is 0.320 e. The Labute approximate surface area is 84.9 Å². The maximum atomic E-state index is 11.9. The molecule has 1 aliphatic heterocycles. The molecular formula is C10H18N2O2. The lowest BCUT2D eigenvalue weighted by Gasteiger charge is -2.42. The summed E-state index contributed by atoms with van der Waals surface area (Å²) < 4.78 is 0. The molecule has 0 aromatic heterocycles. The van der Waals surface area contributed by atoms with Gasteiger partial charge in [-0.2, -0.15) is 0 Å². The van der Waals surface area contributed by atoms with Crippen LogP contribution in [-0.2, 0) is 4.79 Å². The van der Waals surface area contributed by atoms with E-state index in [4.69, 9.17) is 0 Å². The Morgan fingerprint density at radius 1 is 1.36 bits per heavy atom. The van der Waals surface area contributed by atoms with Gasteiger partial charge in [0.2, 0.25) is 0 Å². The first-order chi connectivity index (χ1) is 6.46. The molecule has 0 bridgehead atoms. The van der Waals surface area contributed by atoms with Gasteiger partial charge in [0.15, 0.2) is 0 Å². The molecule has 0 N–H and O–H groups in total. The summed E-state index contributed by atoms with van der Waals surface area (Å²) in [5, 5.41) is 0. The van der Waals surface area contributed by atoms with E-state index in [9.17, 15) is 9.59 Å². The fraction of sp³-hybridized carbons (Fsp3) is 0.800. The summed E-state index contributed by atoms with van der Waals surface area (Å²) in [4.78, 5) is 25.6. The van der Waals surface area contributed by atoms with Crippen LogP contribution < -0.4 is 0 Å². The van der Waals surface area contributed by atoms with E-state index in [2.05, 4.69) is 0 Å². The molecule has 1 rings (SSSR count). The molecule has 0 saturated carbocycles. The van der Waals surface area contributed by atoms with Gasteiger partial charge in [-0.25, -0.2) is 4.79 Å². The summed E-state index contributed by atoms with van der Waals surface area (Å²) in [5.74, 6) is 0. The lowest BCUT2D eigenvalue weighted by Crippen LogP contribution is -2.56. The van der Waals surface area contributed by atoms with Gasteiger partial charge in [-0.1, -0.05) is 0 Å². The van der Waals surface area contributed by atoms with Crippen molar-refractivity contribution in [1.29, 1.82) is 0 Å². The number of hydrogen-bond donors (Lipinski definition) is 0. The average molecular weight is 198 g/mol. The van der Waals surface area contributed by atoms with Crippen LogP contribution in [0.3, 0.4) is 0 Å². The van der Waals surface area contributed by atoms with Crippen molar-refractivity contribution < 1.29 is 9.59 Å². The molecule has 2 amide bonds. The van der Waals surface area contributed by atoms with Crippen LogP contribution in [0.2, 0.25) is 0 Å². The van der Waals surface area contributed by atoms with Crippen LogP contribution in [0.5, 0.6) is 0 Å². The van der Waals surface area contributed by atoms with Crippen molar-refractivity contribution in [2.45, 2.75) is 32.7 Å². The van der Waals surface area contributed by atoms with Crippen LogP contribution >= 0.6 is 0 Å². The Balaban J connectivity index is 2.71. The number of hydrogen-bond acceptors (Lipinski definition) is 2. The monoisotopic (exact) mass is 198 g/mol. The Morgan fingerprint density at radius 2 is 2.00 bits per heavy atom. The lowest BCUT2D eigenvalue weighted by molar-refractivity contribution is -0.108. The molecule has 0 aromatic rings. The summed E-state index contributed by atoms with van der Waals surface area (Å²) >= 11 is 0. The number of amides is 2. The van der Waals surface area contributed by atoms with Gasteiger partial charge < -0.3 is 14.6 Å². The SMILES string of the molecule is CC(C)(C)N1CCCN(CC=O)C1=O. The predicted molar refractivity (Wildman–Crippen MR) is 54.1 cm³/mol. The maximum absolute atomic E-state index is 11.9. The second kappa shape index (κ2) is 3.98. The van der Waals surface area contributed by atoms with E-state index in [0.717, 1.165) is 19.3 Å². The highest BCUT2D eigenvalue weighted by atomic mass is 16.2. The molecule has 0 spiro atoms. The third-order valence-electron chi connectivity index (χ3n) is 2.42. The zero-order chi connectivity index (χ0) is 10.8. The van der Waals surface area contributed by atoms with Gasteiger partial charge in [-0.15, -0.1) is 0 Å². The standard InChI is InChI=1S/C10H18N2O2/c1-10(2,3)12-6-4-5-11(7-8-13)9(12)14/h8H,4-7H2,1-3H3. The van der Waals surface area contributed by atoms with E-state index < -0.39 is 0 Å². The van der Waals surface area contributed by atoms with E-state index >= 15 is 0 Å². The van der Waals surface area contributed by atoms with E-state index in [0.29, 0.717) is 6.54 Å². The first-order valence-electron chi connectivity index (χ1n) is 4.97. The summed E-state index contributed by atoms with van der Waals surface area (Å²) in [6.07, 6.45) is 1.72. The highest BCUT2D eigenvalue weighted by Crippen LogP contribution is 2.19. The van der Waals surface area contributed by atoms with Gasteiger partial charge in [-0.3, -0.25) is 0 Å². The van der Waals surface area contributed by atoms with Gasteiger partial charge in [-0.05, 0) is 27.2 Å². The van der Waals surface area contributed by atoms with E-state index in [-0.39, 0.29) is 18.1 Å². The quantitative estimate of drug-likeness (QED) is 0.624. The molecule has 80 valence electrons. The number of urea groups is 1. The molecule has 4 nitrogen and oxygen atoms in total. The Hall–Kier alpha value is -1.06. The van der Waals surface area contributed by atoms with Crippen LogP contribution in [0.1, 0.15) is 27.2 Å². The second-order valence-electron chi connectivity index (χ2n) is 4.57. The molecule has 1 fully saturated rings. The zero-order valence-electron chi connectivity index (χ0n) is 9.12. The number of carbonyl (C=O) groups is 2. The van der Waals surface area contributed by atoms with Crippen molar-refractivity contribution >= 4 is 12.3 Å². The molecule has 1 saturated heterocycles. The third kappa shape index (κ3) is 2.25. The molecular weight excluding hydrogens is 180 g/mol. The van der Waals surface area contributed by atoms with E-state index in [1.54, 1.807) is 4.90 Å². The number of nitrogens with zero attached hydrogens (tertiary/aromatic N) is 2.